The molecule has 4 heteroatoms. The highest BCUT2D eigenvalue weighted by molar-refractivity contribution is 9.11. The van der Waals surface area contributed by atoms with Crippen LogP contribution in [0.15, 0.2) is 21.1 Å². The largest absolute Gasteiger partial charge is 0.382 e. The quantitative estimate of drug-likeness (QED) is 0.841. The Bertz CT molecular complexity index is 397. The summed E-state index contributed by atoms with van der Waals surface area (Å²) in [6, 6.07) is 4.95. The second-order valence-electron chi connectivity index (χ2n) is 5.11. The lowest BCUT2D eigenvalue weighted by atomic mass is 10.0. The van der Waals surface area contributed by atoms with E-state index in [0.717, 1.165) is 15.5 Å². The van der Waals surface area contributed by atoms with E-state index in [4.69, 9.17) is 0 Å². The minimum Gasteiger partial charge on any atom is -0.382 e. The lowest BCUT2D eigenvalue weighted by Crippen LogP contribution is -2.40. The summed E-state index contributed by atoms with van der Waals surface area (Å²) in [5.41, 5.74) is 2.42. The lowest BCUT2D eigenvalue weighted by Gasteiger charge is -2.33. The Balaban J connectivity index is 2.01. The number of hydrogen-bond donors (Lipinski definition) is 1. The van der Waals surface area contributed by atoms with E-state index in [2.05, 4.69) is 68.2 Å². The topological polar surface area (TPSA) is 15.3 Å². The number of piperidine rings is 1. The molecule has 1 fully saturated rings. The first-order chi connectivity index (χ1) is 8.58. The maximum Gasteiger partial charge on any atom is 0.0629 e. The van der Waals surface area contributed by atoms with Gasteiger partial charge in [-0.05, 0) is 82.9 Å². The van der Waals surface area contributed by atoms with Crippen LogP contribution in [0.5, 0.6) is 0 Å². The normalized spacial score (nSPS) is 21.0. The molecule has 18 heavy (non-hydrogen) atoms. The summed E-state index contributed by atoms with van der Waals surface area (Å²) >= 11 is 7.26. The van der Waals surface area contributed by atoms with Gasteiger partial charge in [0, 0.05) is 21.5 Å². The van der Waals surface area contributed by atoms with E-state index >= 15 is 0 Å². The van der Waals surface area contributed by atoms with Crippen LogP contribution in [0.25, 0.3) is 0 Å². The van der Waals surface area contributed by atoms with Crippen LogP contribution < -0.4 is 5.32 Å². The van der Waals surface area contributed by atoms with E-state index < -0.39 is 0 Å². The molecular weight excluding hydrogens is 356 g/mol. The van der Waals surface area contributed by atoms with Crippen LogP contribution >= 0.6 is 31.9 Å². The van der Waals surface area contributed by atoms with Gasteiger partial charge in [0.05, 0.1) is 5.69 Å². The third-order valence-electron chi connectivity index (χ3n) is 3.62. The number of halogens is 2. The number of likely N-dealkylation sites (tertiary alicyclic amines) is 1. The molecule has 1 aromatic carbocycles. The molecule has 2 rings (SSSR count). The standard InChI is InChI=1S/C14H20Br2N2/c1-10-7-12(15)14(13(16)8-10)17-9-11-5-3-4-6-18(11)2/h7-8,11,17H,3-6,9H2,1-2H3. The van der Waals surface area contributed by atoms with Crippen molar-refractivity contribution in [1.82, 2.24) is 4.90 Å². The van der Waals surface area contributed by atoms with E-state index in [9.17, 15) is 0 Å². The minimum absolute atomic E-state index is 0.652. The van der Waals surface area contributed by atoms with Gasteiger partial charge in [-0.3, -0.25) is 0 Å². The summed E-state index contributed by atoms with van der Waals surface area (Å²) in [5, 5.41) is 3.57. The first kappa shape index (κ1) is 14.4. The van der Waals surface area contributed by atoms with Crippen molar-refractivity contribution in [2.75, 3.05) is 25.5 Å². The van der Waals surface area contributed by atoms with Crippen molar-refractivity contribution in [3.05, 3.63) is 26.6 Å². The minimum atomic E-state index is 0.652. The number of benzene rings is 1. The highest BCUT2D eigenvalue weighted by Crippen LogP contribution is 2.32. The lowest BCUT2D eigenvalue weighted by molar-refractivity contribution is 0.194. The van der Waals surface area contributed by atoms with Crippen LogP contribution in [-0.2, 0) is 0 Å². The molecule has 1 aliphatic rings. The van der Waals surface area contributed by atoms with E-state index in [-0.39, 0.29) is 0 Å². The zero-order valence-electron chi connectivity index (χ0n) is 11.0. The molecule has 0 radical (unpaired) electrons. The van der Waals surface area contributed by atoms with Crippen molar-refractivity contribution in [2.24, 2.45) is 0 Å². The fourth-order valence-electron chi connectivity index (χ4n) is 2.49. The highest BCUT2D eigenvalue weighted by atomic mass is 79.9. The van der Waals surface area contributed by atoms with Gasteiger partial charge >= 0.3 is 0 Å². The molecular formula is C14H20Br2N2. The zero-order chi connectivity index (χ0) is 13.1. The molecule has 1 atom stereocenters. The number of anilines is 1. The number of hydrogen-bond acceptors (Lipinski definition) is 2. The Morgan fingerprint density at radius 3 is 2.56 bits per heavy atom. The van der Waals surface area contributed by atoms with Gasteiger partial charge in [0.2, 0.25) is 0 Å². The summed E-state index contributed by atoms with van der Waals surface area (Å²) in [6.07, 6.45) is 3.99. The van der Waals surface area contributed by atoms with E-state index in [1.807, 2.05) is 0 Å². The third-order valence-corrected chi connectivity index (χ3v) is 4.87. The first-order valence-electron chi connectivity index (χ1n) is 6.47. The highest BCUT2D eigenvalue weighted by Gasteiger charge is 2.19. The molecule has 0 saturated carbocycles. The van der Waals surface area contributed by atoms with Gasteiger partial charge in [-0.15, -0.1) is 0 Å². The maximum absolute atomic E-state index is 3.63. The molecule has 1 aromatic rings. The molecule has 0 amide bonds. The van der Waals surface area contributed by atoms with E-state index in [1.54, 1.807) is 0 Å². The van der Waals surface area contributed by atoms with Crippen molar-refractivity contribution < 1.29 is 0 Å². The Hall–Kier alpha value is -0.0600. The Labute approximate surface area is 126 Å². The summed E-state index contributed by atoms with van der Waals surface area (Å²) in [5.74, 6) is 0. The predicted octanol–water partition coefficient (Wildman–Crippen LogP) is 4.42. The van der Waals surface area contributed by atoms with Gasteiger partial charge in [-0.2, -0.15) is 0 Å². The number of likely N-dealkylation sites (N-methyl/N-ethyl adjacent to an activating group) is 1. The fourth-order valence-corrected chi connectivity index (χ4v) is 4.19. The molecule has 1 heterocycles. The van der Waals surface area contributed by atoms with E-state index in [0.29, 0.717) is 6.04 Å². The van der Waals surface area contributed by atoms with Crippen LogP contribution in [0.2, 0.25) is 0 Å². The second-order valence-corrected chi connectivity index (χ2v) is 6.82. The van der Waals surface area contributed by atoms with Crippen LogP contribution in [-0.4, -0.2) is 31.1 Å². The Morgan fingerprint density at radius 1 is 1.28 bits per heavy atom. The summed E-state index contributed by atoms with van der Waals surface area (Å²) < 4.78 is 2.26. The molecule has 0 bridgehead atoms. The van der Waals surface area contributed by atoms with Crippen molar-refractivity contribution in [3.8, 4) is 0 Å². The van der Waals surface area contributed by atoms with Crippen molar-refractivity contribution in [3.63, 3.8) is 0 Å². The maximum atomic E-state index is 3.63. The number of nitrogens with one attached hydrogen (secondary N) is 1. The smallest absolute Gasteiger partial charge is 0.0629 e. The van der Waals surface area contributed by atoms with Crippen LogP contribution in [0.3, 0.4) is 0 Å². The summed E-state index contributed by atoms with van der Waals surface area (Å²) in [6.45, 7) is 4.34. The molecule has 1 unspecified atom stereocenters. The predicted molar refractivity (Wildman–Crippen MR) is 85.3 cm³/mol. The van der Waals surface area contributed by atoms with Crippen LogP contribution in [0.1, 0.15) is 24.8 Å². The van der Waals surface area contributed by atoms with Crippen molar-refractivity contribution >= 4 is 37.5 Å². The molecule has 0 aliphatic carbocycles. The number of nitrogens with zero attached hydrogens (tertiary/aromatic N) is 1. The molecule has 1 aliphatic heterocycles. The van der Waals surface area contributed by atoms with Gasteiger partial charge in [0.25, 0.3) is 0 Å². The van der Waals surface area contributed by atoms with Gasteiger partial charge in [-0.1, -0.05) is 6.42 Å². The van der Waals surface area contributed by atoms with Gasteiger partial charge in [0.15, 0.2) is 0 Å². The average molecular weight is 376 g/mol. The Kier molecular flexibility index (Phi) is 5.10. The van der Waals surface area contributed by atoms with Gasteiger partial charge in [0.1, 0.15) is 0 Å². The van der Waals surface area contributed by atoms with Crippen LogP contribution in [0, 0.1) is 6.92 Å². The Morgan fingerprint density at radius 2 is 1.94 bits per heavy atom. The summed E-state index contributed by atoms with van der Waals surface area (Å²) in [4.78, 5) is 2.46. The molecule has 0 aromatic heterocycles. The van der Waals surface area contributed by atoms with E-state index in [1.165, 1.54) is 37.1 Å². The van der Waals surface area contributed by atoms with Crippen molar-refractivity contribution in [2.45, 2.75) is 32.2 Å². The zero-order valence-corrected chi connectivity index (χ0v) is 14.1. The SMILES string of the molecule is Cc1cc(Br)c(NCC2CCCCN2C)c(Br)c1. The second kappa shape index (κ2) is 6.40. The van der Waals surface area contributed by atoms with Gasteiger partial charge < -0.3 is 10.2 Å². The molecule has 2 nitrogen and oxygen atoms in total. The third kappa shape index (κ3) is 3.49. The van der Waals surface area contributed by atoms with Crippen LogP contribution in [0.4, 0.5) is 5.69 Å². The fraction of sp³-hybridized carbons (Fsp3) is 0.571. The number of aryl methyl sites for hydroxylation is 1. The monoisotopic (exact) mass is 374 g/mol. The first-order valence-corrected chi connectivity index (χ1v) is 8.06. The summed E-state index contributed by atoms with van der Waals surface area (Å²) in [7, 11) is 2.23. The van der Waals surface area contributed by atoms with Gasteiger partial charge in [-0.25, -0.2) is 0 Å². The average Bonchev–Trinajstić information content (AvgIpc) is 2.30. The molecule has 1 N–H and O–H groups in total. The molecule has 0 spiro atoms. The van der Waals surface area contributed by atoms with Crippen molar-refractivity contribution in [1.29, 1.82) is 0 Å². The molecule has 1 saturated heterocycles. The number of rotatable bonds is 3. The molecule has 100 valence electrons.